The van der Waals surface area contributed by atoms with E-state index < -0.39 is 7.12 Å². The summed E-state index contributed by atoms with van der Waals surface area (Å²) in [5.74, 6) is 5.13. The molecule has 0 bridgehead atoms. The van der Waals surface area contributed by atoms with E-state index in [0.717, 1.165) is 0 Å². The predicted octanol–water partition coefficient (Wildman–Crippen LogP) is -1.77. The van der Waals surface area contributed by atoms with E-state index in [1.54, 1.807) is 6.07 Å². The van der Waals surface area contributed by atoms with Crippen LogP contribution in [-0.2, 0) is 0 Å². The molecule has 0 spiro atoms. The normalized spacial score (nSPS) is 9.58. The molecular weight excluding hydrogens is 157 g/mol. The van der Waals surface area contributed by atoms with Crippen LogP contribution in [0.1, 0.15) is 0 Å². The second-order valence-corrected chi connectivity index (χ2v) is 2.36. The molecule has 64 valence electrons. The molecule has 0 heterocycles. The highest BCUT2D eigenvalue weighted by Gasteiger charge is 2.11. The van der Waals surface area contributed by atoms with Gasteiger partial charge >= 0.3 is 7.12 Å². The van der Waals surface area contributed by atoms with Gasteiger partial charge in [0.05, 0.1) is 11.4 Å². The minimum atomic E-state index is -1.50. The van der Waals surface area contributed by atoms with Gasteiger partial charge in [0.1, 0.15) is 0 Å². The van der Waals surface area contributed by atoms with Crippen molar-refractivity contribution in [3.05, 3.63) is 18.2 Å². The van der Waals surface area contributed by atoms with Gasteiger partial charge in [-0.3, -0.25) is 5.84 Å². The number of hydrogen-bond acceptors (Lipinski definition) is 5. The Morgan fingerprint density at radius 2 is 2.00 bits per heavy atom. The van der Waals surface area contributed by atoms with Gasteiger partial charge in [-0.2, -0.15) is 0 Å². The molecule has 0 fully saturated rings. The molecule has 0 saturated carbocycles. The van der Waals surface area contributed by atoms with Crippen LogP contribution < -0.4 is 22.5 Å². The molecule has 12 heavy (non-hydrogen) atoms. The molecule has 7 N–H and O–H groups in total. The molecule has 0 aliphatic carbocycles. The van der Waals surface area contributed by atoms with Crippen LogP contribution >= 0.6 is 0 Å². The van der Waals surface area contributed by atoms with Crippen LogP contribution in [0, 0.1) is 0 Å². The van der Waals surface area contributed by atoms with Gasteiger partial charge in [0.2, 0.25) is 0 Å². The molecule has 1 aromatic carbocycles. The summed E-state index contributed by atoms with van der Waals surface area (Å²) in [5, 5.41) is 17.6. The molecule has 0 aliphatic rings. The molecule has 5 nitrogen and oxygen atoms in total. The highest BCUT2D eigenvalue weighted by atomic mass is 16.4. The first-order chi connectivity index (χ1) is 5.65. The van der Waals surface area contributed by atoms with Crippen LogP contribution in [0.5, 0.6) is 0 Å². The Morgan fingerprint density at radius 3 is 2.50 bits per heavy atom. The van der Waals surface area contributed by atoms with E-state index in [0.29, 0.717) is 16.8 Å². The minimum Gasteiger partial charge on any atom is -0.423 e. The van der Waals surface area contributed by atoms with Crippen molar-refractivity contribution in [2.75, 3.05) is 11.2 Å². The smallest absolute Gasteiger partial charge is 0.423 e. The molecule has 1 aromatic rings. The van der Waals surface area contributed by atoms with Crippen molar-refractivity contribution < 1.29 is 10.0 Å². The number of nitrogen functional groups attached to an aromatic ring is 2. The first-order valence-electron chi connectivity index (χ1n) is 3.37. The van der Waals surface area contributed by atoms with E-state index >= 15 is 0 Å². The average Bonchev–Trinajstić information content (AvgIpc) is 2.05. The van der Waals surface area contributed by atoms with Crippen molar-refractivity contribution in [3.8, 4) is 0 Å². The summed E-state index contributed by atoms with van der Waals surface area (Å²) >= 11 is 0. The molecule has 0 atom stereocenters. The third kappa shape index (κ3) is 1.67. The van der Waals surface area contributed by atoms with Crippen LogP contribution in [0.25, 0.3) is 0 Å². The van der Waals surface area contributed by atoms with Crippen LogP contribution in [0.15, 0.2) is 18.2 Å². The number of nitrogens with two attached hydrogens (primary N) is 2. The van der Waals surface area contributed by atoms with E-state index in [-0.39, 0.29) is 0 Å². The van der Waals surface area contributed by atoms with Crippen molar-refractivity contribution >= 4 is 24.0 Å². The number of hydrogen-bond donors (Lipinski definition) is 5. The van der Waals surface area contributed by atoms with Gasteiger partial charge in [0.15, 0.2) is 0 Å². The molecular formula is C6H10BN3O2. The van der Waals surface area contributed by atoms with E-state index in [2.05, 4.69) is 5.43 Å². The van der Waals surface area contributed by atoms with Gasteiger partial charge in [-0.25, -0.2) is 0 Å². The Bertz CT molecular complexity index is 279. The lowest BCUT2D eigenvalue weighted by Gasteiger charge is -2.06. The lowest BCUT2D eigenvalue weighted by molar-refractivity contribution is 0.426. The van der Waals surface area contributed by atoms with Gasteiger partial charge in [-0.05, 0) is 17.6 Å². The molecule has 0 saturated heterocycles. The highest BCUT2D eigenvalue weighted by molar-refractivity contribution is 6.58. The van der Waals surface area contributed by atoms with E-state index in [9.17, 15) is 0 Å². The second-order valence-electron chi connectivity index (χ2n) is 2.36. The van der Waals surface area contributed by atoms with Gasteiger partial charge < -0.3 is 21.2 Å². The number of benzene rings is 1. The fourth-order valence-corrected chi connectivity index (χ4v) is 0.859. The third-order valence-electron chi connectivity index (χ3n) is 1.53. The van der Waals surface area contributed by atoms with Gasteiger partial charge in [0, 0.05) is 0 Å². The van der Waals surface area contributed by atoms with E-state index in [1.165, 1.54) is 12.1 Å². The Hall–Kier alpha value is -1.24. The zero-order valence-corrected chi connectivity index (χ0v) is 6.36. The quantitative estimate of drug-likeness (QED) is 0.155. The summed E-state index contributed by atoms with van der Waals surface area (Å²) in [6, 6.07) is 4.53. The summed E-state index contributed by atoms with van der Waals surface area (Å²) in [4.78, 5) is 0. The second kappa shape index (κ2) is 3.44. The summed E-state index contributed by atoms with van der Waals surface area (Å²) < 4.78 is 0. The maximum atomic E-state index is 8.78. The Kier molecular flexibility index (Phi) is 2.54. The minimum absolute atomic E-state index is 0.345. The Balaban J connectivity index is 3.05. The van der Waals surface area contributed by atoms with Gasteiger partial charge in [0.25, 0.3) is 0 Å². The predicted molar refractivity (Wildman–Crippen MR) is 48.5 cm³/mol. The topological polar surface area (TPSA) is 105 Å². The number of nitrogens with one attached hydrogen (secondary N) is 1. The van der Waals surface area contributed by atoms with Gasteiger partial charge in [-0.15, -0.1) is 0 Å². The zero-order valence-electron chi connectivity index (χ0n) is 6.36. The van der Waals surface area contributed by atoms with Crippen molar-refractivity contribution in [1.29, 1.82) is 0 Å². The van der Waals surface area contributed by atoms with Crippen molar-refractivity contribution in [3.63, 3.8) is 0 Å². The molecule has 0 radical (unpaired) electrons. The Morgan fingerprint density at radius 1 is 1.33 bits per heavy atom. The van der Waals surface area contributed by atoms with E-state index in [1.807, 2.05) is 0 Å². The van der Waals surface area contributed by atoms with Crippen LogP contribution in [0.2, 0.25) is 0 Å². The third-order valence-corrected chi connectivity index (χ3v) is 1.53. The lowest BCUT2D eigenvalue weighted by Crippen LogP contribution is -2.30. The molecule has 6 heteroatoms. The first kappa shape index (κ1) is 8.86. The summed E-state index contributed by atoms with van der Waals surface area (Å²) in [7, 11) is -1.50. The van der Waals surface area contributed by atoms with Crippen molar-refractivity contribution in [2.24, 2.45) is 5.84 Å². The number of rotatable bonds is 2. The standard InChI is InChI=1S/C6H10BN3O2/c8-5-2-1-4(7(11)12)3-6(5)10-9/h1-3,10-12H,8-9H2. The molecule has 0 unspecified atom stereocenters. The Labute approximate surface area is 70.1 Å². The fraction of sp³-hybridized carbons (Fsp3) is 0. The fourth-order valence-electron chi connectivity index (χ4n) is 0.859. The zero-order chi connectivity index (χ0) is 9.14. The summed E-state index contributed by atoms with van der Waals surface area (Å²) in [5.41, 5.74) is 9.12. The molecule has 0 aromatic heterocycles. The maximum absolute atomic E-state index is 8.78. The van der Waals surface area contributed by atoms with Crippen LogP contribution in [0.3, 0.4) is 0 Å². The monoisotopic (exact) mass is 167 g/mol. The lowest BCUT2D eigenvalue weighted by atomic mass is 9.80. The van der Waals surface area contributed by atoms with E-state index in [4.69, 9.17) is 21.6 Å². The number of anilines is 2. The average molecular weight is 167 g/mol. The van der Waals surface area contributed by atoms with Crippen molar-refractivity contribution in [1.82, 2.24) is 0 Å². The number of hydrazine groups is 1. The SMILES string of the molecule is NNc1cc(B(O)O)ccc1N. The maximum Gasteiger partial charge on any atom is 0.488 e. The molecule has 0 aliphatic heterocycles. The summed E-state index contributed by atoms with van der Waals surface area (Å²) in [6.07, 6.45) is 0. The molecule has 1 rings (SSSR count). The van der Waals surface area contributed by atoms with Gasteiger partial charge in [-0.1, -0.05) is 6.07 Å². The highest BCUT2D eigenvalue weighted by Crippen LogP contribution is 2.13. The van der Waals surface area contributed by atoms with Crippen molar-refractivity contribution in [2.45, 2.75) is 0 Å². The van der Waals surface area contributed by atoms with Crippen LogP contribution in [-0.4, -0.2) is 17.2 Å². The first-order valence-corrected chi connectivity index (χ1v) is 3.37. The molecule has 0 amide bonds. The summed E-state index contributed by atoms with van der Waals surface area (Å²) in [6.45, 7) is 0. The van der Waals surface area contributed by atoms with Crippen LogP contribution in [0.4, 0.5) is 11.4 Å². The largest absolute Gasteiger partial charge is 0.488 e.